The summed E-state index contributed by atoms with van der Waals surface area (Å²) in [4.78, 5) is 0. The predicted molar refractivity (Wildman–Crippen MR) is 83.8 cm³/mol. The highest BCUT2D eigenvalue weighted by molar-refractivity contribution is 5.22. The Morgan fingerprint density at radius 1 is 1.37 bits per heavy atom. The van der Waals surface area contributed by atoms with E-state index in [1.54, 1.807) is 0 Å². The molecule has 0 amide bonds. The van der Waals surface area contributed by atoms with E-state index in [1.807, 2.05) is 0 Å². The van der Waals surface area contributed by atoms with Gasteiger partial charge in [0.2, 0.25) is 0 Å². The smallest absolute Gasteiger partial charge is 0.00515 e. The van der Waals surface area contributed by atoms with E-state index in [9.17, 15) is 0 Å². The summed E-state index contributed by atoms with van der Waals surface area (Å²) in [6.07, 6.45) is 15.7. The van der Waals surface area contributed by atoms with Gasteiger partial charge in [-0.3, -0.25) is 0 Å². The predicted octanol–water partition coefficient (Wildman–Crippen LogP) is 5.51. The molecule has 2 aliphatic carbocycles. The normalized spacial score (nSPS) is 38.4. The molecular formula is C19H28. The Hall–Kier alpha value is -0.960. The standard InChI is InChI=1S/C19H28/c1-6-15(2)11-17-8-10-19(5,13-17)14-18(4)9-7-16(3)12-18/h1,17H,2-3,7-14H2,4-5H3. The number of rotatable bonds is 4. The molecule has 2 fully saturated rings. The summed E-state index contributed by atoms with van der Waals surface area (Å²) in [5.74, 6) is 3.47. The van der Waals surface area contributed by atoms with Crippen molar-refractivity contribution in [2.45, 2.75) is 65.2 Å². The molecule has 0 aromatic carbocycles. The van der Waals surface area contributed by atoms with E-state index < -0.39 is 0 Å². The van der Waals surface area contributed by atoms with Crippen LogP contribution in [-0.4, -0.2) is 0 Å². The van der Waals surface area contributed by atoms with Gasteiger partial charge in [-0.05, 0) is 73.7 Å². The van der Waals surface area contributed by atoms with Crippen molar-refractivity contribution in [3.63, 3.8) is 0 Å². The maximum Gasteiger partial charge on any atom is -0.00515 e. The van der Waals surface area contributed by atoms with Crippen LogP contribution in [-0.2, 0) is 0 Å². The van der Waals surface area contributed by atoms with E-state index in [0.717, 1.165) is 17.9 Å². The summed E-state index contributed by atoms with van der Waals surface area (Å²) in [5, 5.41) is 0. The van der Waals surface area contributed by atoms with E-state index in [0.29, 0.717) is 10.8 Å². The zero-order valence-corrected chi connectivity index (χ0v) is 12.7. The van der Waals surface area contributed by atoms with Crippen LogP contribution in [0.5, 0.6) is 0 Å². The average molecular weight is 256 g/mol. The zero-order chi connectivity index (χ0) is 14.1. The molecule has 0 aliphatic heterocycles. The molecule has 2 saturated carbocycles. The minimum Gasteiger partial charge on any atom is -0.115 e. The lowest BCUT2D eigenvalue weighted by Gasteiger charge is -2.35. The van der Waals surface area contributed by atoms with Gasteiger partial charge in [0.15, 0.2) is 0 Å². The van der Waals surface area contributed by atoms with Crippen LogP contribution in [0.1, 0.15) is 65.2 Å². The summed E-state index contributed by atoms with van der Waals surface area (Å²) >= 11 is 0. The Balaban J connectivity index is 1.92. The molecule has 0 saturated heterocycles. The van der Waals surface area contributed by atoms with Crippen molar-refractivity contribution in [3.8, 4) is 12.3 Å². The van der Waals surface area contributed by atoms with Crippen molar-refractivity contribution in [2.24, 2.45) is 16.7 Å². The Morgan fingerprint density at radius 3 is 2.68 bits per heavy atom. The van der Waals surface area contributed by atoms with Gasteiger partial charge in [0.05, 0.1) is 0 Å². The minimum atomic E-state index is 0.504. The highest BCUT2D eigenvalue weighted by Crippen LogP contribution is 2.54. The molecule has 3 unspecified atom stereocenters. The fraction of sp³-hybridized carbons (Fsp3) is 0.684. The molecule has 0 N–H and O–H groups in total. The van der Waals surface area contributed by atoms with Crippen LogP contribution in [0.15, 0.2) is 24.3 Å². The Kier molecular flexibility index (Phi) is 3.95. The van der Waals surface area contributed by atoms with Gasteiger partial charge < -0.3 is 0 Å². The lowest BCUT2D eigenvalue weighted by molar-refractivity contribution is 0.166. The lowest BCUT2D eigenvalue weighted by atomic mass is 9.70. The maximum absolute atomic E-state index is 5.43. The molecule has 0 bridgehead atoms. The molecule has 0 heterocycles. The molecule has 0 aromatic heterocycles. The van der Waals surface area contributed by atoms with Gasteiger partial charge in [0, 0.05) is 0 Å². The van der Waals surface area contributed by atoms with E-state index in [-0.39, 0.29) is 0 Å². The van der Waals surface area contributed by atoms with Gasteiger partial charge in [-0.1, -0.05) is 38.5 Å². The molecule has 0 heteroatoms. The third kappa shape index (κ3) is 3.53. The first-order valence-electron chi connectivity index (χ1n) is 7.65. The van der Waals surface area contributed by atoms with Crippen molar-refractivity contribution in [2.75, 3.05) is 0 Å². The van der Waals surface area contributed by atoms with Crippen LogP contribution in [0.3, 0.4) is 0 Å². The topological polar surface area (TPSA) is 0 Å². The maximum atomic E-state index is 5.43. The van der Waals surface area contributed by atoms with Crippen molar-refractivity contribution >= 4 is 0 Å². The number of hydrogen-bond donors (Lipinski definition) is 0. The highest BCUT2D eigenvalue weighted by Gasteiger charge is 2.42. The molecule has 104 valence electrons. The largest absolute Gasteiger partial charge is 0.115 e. The molecule has 2 aliphatic rings. The summed E-state index contributed by atoms with van der Waals surface area (Å²) in [6.45, 7) is 13.1. The molecule has 3 atom stereocenters. The summed E-state index contributed by atoms with van der Waals surface area (Å²) in [5.41, 5.74) is 3.46. The first kappa shape index (κ1) is 14.4. The van der Waals surface area contributed by atoms with E-state index in [2.05, 4.69) is 32.9 Å². The number of terminal acetylenes is 1. The Labute approximate surface area is 119 Å². The third-order valence-corrected chi connectivity index (χ3v) is 5.29. The molecule has 2 rings (SSSR count). The van der Waals surface area contributed by atoms with Gasteiger partial charge in [-0.25, -0.2) is 0 Å². The van der Waals surface area contributed by atoms with Crippen molar-refractivity contribution < 1.29 is 0 Å². The van der Waals surface area contributed by atoms with Crippen LogP contribution in [0.2, 0.25) is 0 Å². The second kappa shape index (κ2) is 5.20. The molecule has 0 aromatic rings. The van der Waals surface area contributed by atoms with Gasteiger partial charge in [0.1, 0.15) is 0 Å². The Bertz CT molecular complexity index is 422. The first-order valence-corrected chi connectivity index (χ1v) is 7.65. The van der Waals surface area contributed by atoms with Crippen LogP contribution < -0.4 is 0 Å². The fourth-order valence-corrected chi connectivity index (χ4v) is 4.64. The van der Waals surface area contributed by atoms with Crippen molar-refractivity contribution in [1.82, 2.24) is 0 Å². The highest BCUT2D eigenvalue weighted by atomic mass is 14.5. The van der Waals surface area contributed by atoms with Crippen LogP contribution >= 0.6 is 0 Å². The zero-order valence-electron chi connectivity index (χ0n) is 12.7. The van der Waals surface area contributed by atoms with Crippen molar-refractivity contribution in [3.05, 3.63) is 24.3 Å². The first-order chi connectivity index (χ1) is 8.84. The molecule has 19 heavy (non-hydrogen) atoms. The van der Waals surface area contributed by atoms with Crippen molar-refractivity contribution in [1.29, 1.82) is 0 Å². The van der Waals surface area contributed by atoms with Gasteiger partial charge in [-0.2, -0.15) is 0 Å². The summed E-state index contributed by atoms with van der Waals surface area (Å²) in [7, 11) is 0. The molecule has 0 radical (unpaired) electrons. The number of hydrogen-bond acceptors (Lipinski definition) is 0. The summed E-state index contributed by atoms with van der Waals surface area (Å²) in [6, 6.07) is 0. The monoisotopic (exact) mass is 256 g/mol. The van der Waals surface area contributed by atoms with Crippen LogP contribution in [0.25, 0.3) is 0 Å². The number of allylic oxidation sites excluding steroid dienone is 2. The quantitative estimate of drug-likeness (QED) is 0.459. The van der Waals surface area contributed by atoms with E-state index in [4.69, 9.17) is 6.42 Å². The SMILES string of the molecule is C#CC(=C)CC1CCC(C)(CC2(C)CCC(=C)C2)C1. The van der Waals surface area contributed by atoms with E-state index in [1.165, 1.54) is 50.5 Å². The van der Waals surface area contributed by atoms with Gasteiger partial charge in [0.25, 0.3) is 0 Å². The lowest BCUT2D eigenvalue weighted by Crippen LogP contribution is -2.23. The minimum absolute atomic E-state index is 0.504. The summed E-state index contributed by atoms with van der Waals surface area (Å²) < 4.78 is 0. The van der Waals surface area contributed by atoms with Crippen LogP contribution in [0, 0.1) is 29.1 Å². The average Bonchev–Trinajstić information content (AvgIpc) is 2.82. The molecular weight excluding hydrogens is 228 g/mol. The fourth-order valence-electron chi connectivity index (χ4n) is 4.64. The second-order valence-corrected chi connectivity index (χ2v) is 7.79. The van der Waals surface area contributed by atoms with Crippen LogP contribution in [0.4, 0.5) is 0 Å². The second-order valence-electron chi connectivity index (χ2n) is 7.79. The molecule has 0 spiro atoms. The Morgan fingerprint density at radius 2 is 2.11 bits per heavy atom. The van der Waals surface area contributed by atoms with Gasteiger partial charge >= 0.3 is 0 Å². The van der Waals surface area contributed by atoms with Gasteiger partial charge in [-0.15, -0.1) is 6.42 Å². The molecule has 0 nitrogen and oxygen atoms in total. The third-order valence-electron chi connectivity index (χ3n) is 5.29. The van der Waals surface area contributed by atoms with E-state index >= 15 is 0 Å².